The average molecular weight is 718 g/mol. The third kappa shape index (κ3) is 5.37. The summed E-state index contributed by atoms with van der Waals surface area (Å²) in [5, 5.41) is 4.15. The van der Waals surface area contributed by atoms with Crippen molar-refractivity contribution in [2.24, 2.45) is 0 Å². The molecule has 0 radical (unpaired) electrons. The van der Waals surface area contributed by atoms with Crippen molar-refractivity contribution in [2.45, 2.75) is 0 Å². The maximum atomic E-state index is 6.60. The van der Waals surface area contributed by atoms with E-state index in [1.807, 2.05) is 54.6 Å². The van der Waals surface area contributed by atoms with Crippen LogP contribution in [0.4, 0.5) is 0 Å². The van der Waals surface area contributed by atoms with Crippen LogP contribution < -0.4 is 0 Å². The zero-order valence-corrected chi connectivity index (χ0v) is 30.1. The van der Waals surface area contributed by atoms with Gasteiger partial charge in [-0.05, 0) is 64.2 Å². The summed E-state index contributed by atoms with van der Waals surface area (Å²) in [4.78, 5) is 15.6. The van der Waals surface area contributed by atoms with Crippen molar-refractivity contribution >= 4 is 43.9 Å². The van der Waals surface area contributed by atoms with Gasteiger partial charge in [-0.3, -0.25) is 0 Å². The maximum Gasteiger partial charge on any atom is 0.164 e. The highest BCUT2D eigenvalue weighted by Gasteiger charge is 2.20. The number of benzene rings is 8. The fraction of sp³-hybridized carbons (Fsp3) is 0. The van der Waals surface area contributed by atoms with E-state index in [4.69, 9.17) is 23.8 Å². The fourth-order valence-electron chi connectivity index (χ4n) is 7.92. The van der Waals surface area contributed by atoms with E-state index in [1.54, 1.807) is 0 Å². The van der Waals surface area contributed by atoms with Crippen LogP contribution in [0.1, 0.15) is 0 Å². The quantitative estimate of drug-likeness (QED) is 0.171. The van der Waals surface area contributed by atoms with Gasteiger partial charge in [0.1, 0.15) is 22.3 Å². The Morgan fingerprint density at radius 1 is 0.286 bits per heavy atom. The van der Waals surface area contributed by atoms with E-state index >= 15 is 0 Å². The predicted molar refractivity (Wildman–Crippen MR) is 227 cm³/mol. The minimum atomic E-state index is 0.577. The number of nitrogens with zero attached hydrogens (tertiary/aromatic N) is 3. The van der Waals surface area contributed by atoms with Gasteiger partial charge in [0.25, 0.3) is 0 Å². The van der Waals surface area contributed by atoms with Gasteiger partial charge in [-0.1, -0.05) is 152 Å². The molecule has 56 heavy (non-hydrogen) atoms. The second kappa shape index (κ2) is 13.0. The van der Waals surface area contributed by atoms with Crippen LogP contribution in [-0.2, 0) is 0 Å². The summed E-state index contributed by atoms with van der Waals surface area (Å²) in [7, 11) is 0. The molecule has 0 atom stereocenters. The van der Waals surface area contributed by atoms with Crippen molar-refractivity contribution in [3.63, 3.8) is 0 Å². The molecular formula is C51H31N3O2. The molecule has 0 saturated heterocycles. The molecule has 5 nitrogen and oxygen atoms in total. The summed E-state index contributed by atoms with van der Waals surface area (Å²) in [5.41, 5.74) is 12.5. The molecule has 11 aromatic rings. The number of aromatic nitrogens is 3. The molecule has 262 valence electrons. The second-order valence-electron chi connectivity index (χ2n) is 13.9. The minimum absolute atomic E-state index is 0.577. The monoisotopic (exact) mass is 717 g/mol. The third-order valence-corrected chi connectivity index (χ3v) is 10.5. The standard InChI is InChI=1S/C51H31N3O2/c1-3-14-32(15-4-1)34-18-11-20-36(30-34)49-52-50(54-51(53-49)42-24-13-27-45-46(42)40-22-7-9-25-43(40)55-45)37-21-12-19-35(31-37)38-28-29-39(33-16-5-2-6-17-33)48-47(38)41-23-8-10-26-44(41)56-48/h1-31H. The highest BCUT2D eigenvalue weighted by molar-refractivity contribution is 6.16. The van der Waals surface area contributed by atoms with Crippen LogP contribution in [0, 0.1) is 0 Å². The molecule has 0 amide bonds. The Kier molecular flexibility index (Phi) is 7.42. The lowest BCUT2D eigenvalue weighted by molar-refractivity contribution is 0.669. The van der Waals surface area contributed by atoms with Gasteiger partial charge < -0.3 is 8.83 Å². The van der Waals surface area contributed by atoms with Crippen molar-refractivity contribution < 1.29 is 8.83 Å². The summed E-state index contributed by atoms with van der Waals surface area (Å²) in [6.07, 6.45) is 0. The van der Waals surface area contributed by atoms with Gasteiger partial charge in [0.15, 0.2) is 17.5 Å². The first-order chi connectivity index (χ1) is 27.7. The van der Waals surface area contributed by atoms with E-state index in [9.17, 15) is 0 Å². The van der Waals surface area contributed by atoms with Gasteiger partial charge in [-0.15, -0.1) is 0 Å². The first-order valence-electron chi connectivity index (χ1n) is 18.7. The van der Waals surface area contributed by atoms with E-state index in [2.05, 4.69) is 133 Å². The Labute approximate surface area is 322 Å². The normalized spacial score (nSPS) is 11.6. The number of hydrogen-bond donors (Lipinski definition) is 0. The van der Waals surface area contributed by atoms with Gasteiger partial charge in [0.05, 0.1) is 0 Å². The molecule has 5 heteroatoms. The van der Waals surface area contributed by atoms with Crippen LogP contribution >= 0.6 is 0 Å². The maximum absolute atomic E-state index is 6.60. The topological polar surface area (TPSA) is 65.0 Å². The van der Waals surface area contributed by atoms with Crippen molar-refractivity contribution in [1.82, 2.24) is 15.0 Å². The molecule has 0 aliphatic heterocycles. The Balaban J connectivity index is 1.12. The molecule has 0 unspecified atom stereocenters. The molecule has 3 aromatic heterocycles. The molecular weight excluding hydrogens is 687 g/mol. The van der Waals surface area contributed by atoms with Crippen molar-refractivity contribution in [1.29, 1.82) is 0 Å². The van der Waals surface area contributed by atoms with Crippen LogP contribution in [0.15, 0.2) is 197 Å². The highest BCUT2D eigenvalue weighted by Crippen LogP contribution is 2.43. The first kappa shape index (κ1) is 31.9. The van der Waals surface area contributed by atoms with E-state index in [0.717, 1.165) is 93.9 Å². The van der Waals surface area contributed by atoms with E-state index in [0.29, 0.717) is 17.5 Å². The molecule has 0 fully saturated rings. The van der Waals surface area contributed by atoms with Gasteiger partial charge in [0, 0.05) is 43.8 Å². The van der Waals surface area contributed by atoms with Crippen LogP contribution in [0.5, 0.6) is 0 Å². The van der Waals surface area contributed by atoms with Crippen LogP contribution in [-0.4, -0.2) is 15.0 Å². The molecule has 3 heterocycles. The Hall–Kier alpha value is -7.63. The van der Waals surface area contributed by atoms with Gasteiger partial charge in [-0.2, -0.15) is 0 Å². The molecule has 0 spiro atoms. The molecule has 11 rings (SSSR count). The number of furan rings is 2. The second-order valence-corrected chi connectivity index (χ2v) is 13.9. The lowest BCUT2D eigenvalue weighted by Crippen LogP contribution is -2.00. The Bertz CT molecular complexity index is 3250. The summed E-state index contributed by atoms with van der Waals surface area (Å²) >= 11 is 0. The van der Waals surface area contributed by atoms with Crippen LogP contribution in [0.2, 0.25) is 0 Å². The SMILES string of the molecule is c1ccc(-c2cccc(-c3nc(-c4cccc(-c5ccc(-c6ccccc6)c6oc7ccccc7c56)c4)nc(-c4cccc5oc6ccccc6c45)n3)c2)cc1. The van der Waals surface area contributed by atoms with Crippen molar-refractivity contribution in [3.8, 4) is 67.5 Å². The lowest BCUT2D eigenvalue weighted by Gasteiger charge is -2.12. The minimum Gasteiger partial charge on any atom is -0.456 e. The Morgan fingerprint density at radius 3 is 1.52 bits per heavy atom. The van der Waals surface area contributed by atoms with E-state index in [-0.39, 0.29) is 0 Å². The van der Waals surface area contributed by atoms with Crippen molar-refractivity contribution in [2.75, 3.05) is 0 Å². The third-order valence-electron chi connectivity index (χ3n) is 10.5. The molecule has 0 N–H and O–H groups in total. The fourth-order valence-corrected chi connectivity index (χ4v) is 7.92. The summed E-state index contributed by atoms with van der Waals surface area (Å²) < 4.78 is 12.9. The first-order valence-corrected chi connectivity index (χ1v) is 18.7. The number of para-hydroxylation sites is 2. The van der Waals surface area contributed by atoms with Gasteiger partial charge >= 0.3 is 0 Å². The zero-order chi connectivity index (χ0) is 37.0. The van der Waals surface area contributed by atoms with Gasteiger partial charge in [-0.25, -0.2) is 15.0 Å². The zero-order valence-electron chi connectivity index (χ0n) is 30.1. The molecule has 0 aliphatic rings. The summed E-state index contributed by atoms with van der Waals surface area (Å²) in [6, 6.07) is 64.5. The van der Waals surface area contributed by atoms with E-state index in [1.165, 1.54) is 0 Å². The van der Waals surface area contributed by atoms with E-state index < -0.39 is 0 Å². The number of fused-ring (bicyclic) bond motifs is 6. The summed E-state index contributed by atoms with van der Waals surface area (Å²) in [5.74, 6) is 1.75. The van der Waals surface area contributed by atoms with Crippen LogP contribution in [0.3, 0.4) is 0 Å². The average Bonchev–Trinajstić information content (AvgIpc) is 3.86. The highest BCUT2D eigenvalue weighted by atomic mass is 16.3. The predicted octanol–water partition coefficient (Wildman–Crippen LogP) is 13.7. The van der Waals surface area contributed by atoms with Crippen molar-refractivity contribution in [3.05, 3.63) is 188 Å². The lowest BCUT2D eigenvalue weighted by atomic mass is 9.94. The Morgan fingerprint density at radius 2 is 0.786 bits per heavy atom. The smallest absolute Gasteiger partial charge is 0.164 e. The number of rotatable bonds is 6. The largest absolute Gasteiger partial charge is 0.456 e. The molecule has 8 aromatic carbocycles. The van der Waals surface area contributed by atoms with Crippen LogP contribution in [0.25, 0.3) is 111 Å². The number of hydrogen-bond acceptors (Lipinski definition) is 5. The molecule has 0 bridgehead atoms. The molecule has 0 aliphatic carbocycles. The van der Waals surface area contributed by atoms with Gasteiger partial charge in [0.2, 0.25) is 0 Å². The molecule has 0 saturated carbocycles. The summed E-state index contributed by atoms with van der Waals surface area (Å²) in [6.45, 7) is 0.